The average Bonchev–Trinajstić information content (AvgIpc) is 2.67. The van der Waals surface area contributed by atoms with Gasteiger partial charge in [0.2, 0.25) is 0 Å². The van der Waals surface area contributed by atoms with Crippen LogP contribution in [0.2, 0.25) is 0 Å². The molecule has 0 spiro atoms. The quantitative estimate of drug-likeness (QED) is 0.710. The summed E-state index contributed by atoms with van der Waals surface area (Å²) in [6.45, 7) is 1.55. The second kappa shape index (κ2) is 4.27. The normalized spacial score (nSPS) is 15.8. The third-order valence-electron chi connectivity index (χ3n) is 2.49. The third-order valence-corrected chi connectivity index (χ3v) is 2.49. The van der Waals surface area contributed by atoms with Gasteiger partial charge in [-0.05, 0) is 17.6 Å². The van der Waals surface area contributed by atoms with Gasteiger partial charge in [-0.15, -0.1) is 0 Å². The molecule has 1 aromatic rings. The van der Waals surface area contributed by atoms with Gasteiger partial charge in [-0.25, -0.2) is 4.39 Å². The standard InChI is InChI=1S/C12H14FN/c13-8-12-6-7-14(10-12)9-11-4-2-1-3-5-11/h1-5,10H,6-9H2. The van der Waals surface area contributed by atoms with Gasteiger partial charge >= 0.3 is 0 Å². The molecule has 0 saturated carbocycles. The topological polar surface area (TPSA) is 3.24 Å². The van der Waals surface area contributed by atoms with Gasteiger partial charge in [0, 0.05) is 19.3 Å². The highest BCUT2D eigenvalue weighted by molar-refractivity contribution is 5.17. The van der Waals surface area contributed by atoms with Crippen LogP contribution in [-0.4, -0.2) is 18.1 Å². The Morgan fingerprint density at radius 3 is 2.64 bits per heavy atom. The van der Waals surface area contributed by atoms with E-state index in [4.69, 9.17) is 0 Å². The molecule has 0 fully saturated rings. The number of halogens is 1. The van der Waals surface area contributed by atoms with Gasteiger partial charge in [0.15, 0.2) is 0 Å². The Labute approximate surface area is 83.9 Å². The predicted molar refractivity (Wildman–Crippen MR) is 55.5 cm³/mol. The molecule has 0 bridgehead atoms. The summed E-state index contributed by atoms with van der Waals surface area (Å²) in [7, 11) is 0. The molecule has 2 heteroatoms. The van der Waals surface area contributed by atoms with Gasteiger partial charge in [-0.1, -0.05) is 30.3 Å². The van der Waals surface area contributed by atoms with Gasteiger partial charge in [0.25, 0.3) is 0 Å². The van der Waals surface area contributed by atoms with E-state index in [0.29, 0.717) is 0 Å². The summed E-state index contributed by atoms with van der Waals surface area (Å²) in [5.74, 6) is 0. The molecule has 1 heterocycles. The molecular weight excluding hydrogens is 177 g/mol. The second-order valence-corrected chi connectivity index (χ2v) is 3.63. The van der Waals surface area contributed by atoms with Crippen molar-refractivity contribution in [2.75, 3.05) is 13.2 Å². The maximum Gasteiger partial charge on any atom is 0.112 e. The van der Waals surface area contributed by atoms with Crippen molar-refractivity contribution in [3.05, 3.63) is 47.7 Å². The molecule has 14 heavy (non-hydrogen) atoms. The first-order valence-electron chi connectivity index (χ1n) is 4.92. The van der Waals surface area contributed by atoms with E-state index < -0.39 is 0 Å². The summed E-state index contributed by atoms with van der Waals surface area (Å²) in [6.07, 6.45) is 2.83. The van der Waals surface area contributed by atoms with Crippen LogP contribution in [0.15, 0.2) is 42.1 Å². The van der Waals surface area contributed by atoms with Crippen molar-refractivity contribution < 1.29 is 4.39 Å². The third kappa shape index (κ3) is 2.13. The van der Waals surface area contributed by atoms with Crippen LogP contribution in [0, 0.1) is 0 Å². The lowest BCUT2D eigenvalue weighted by Gasteiger charge is -2.14. The van der Waals surface area contributed by atoms with E-state index >= 15 is 0 Å². The summed E-state index contributed by atoms with van der Waals surface area (Å²) in [6, 6.07) is 10.3. The first kappa shape index (κ1) is 9.25. The fourth-order valence-electron chi connectivity index (χ4n) is 1.72. The number of alkyl halides is 1. The molecule has 0 atom stereocenters. The van der Waals surface area contributed by atoms with Gasteiger partial charge in [0.1, 0.15) is 6.67 Å². The molecule has 74 valence electrons. The summed E-state index contributed by atoms with van der Waals surface area (Å²) < 4.78 is 12.3. The molecule has 0 saturated heterocycles. The Hall–Kier alpha value is -1.31. The summed E-state index contributed by atoms with van der Waals surface area (Å²) in [5, 5.41) is 0. The van der Waals surface area contributed by atoms with E-state index in [1.54, 1.807) is 0 Å². The Morgan fingerprint density at radius 1 is 1.21 bits per heavy atom. The van der Waals surface area contributed by atoms with E-state index in [1.165, 1.54) is 5.56 Å². The van der Waals surface area contributed by atoms with Crippen LogP contribution in [0.25, 0.3) is 0 Å². The molecule has 0 radical (unpaired) electrons. The fourth-order valence-corrected chi connectivity index (χ4v) is 1.72. The zero-order valence-corrected chi connectivity index (χ0v) is 8.12. The lowest BCUT2D eigenvalue weighted by Crippen LogP contribution is -2.13. The molecule has 1 aromatic carbocycles. The lowest BCUT2D eigenvalue weighted by atomic mass is 10.2. The second-order valence-electron chi connectivity index (χ2n) is 3.63. The SMILES string of the molecule is FCC1=CN(Cc2ccccc2)CC1. The monoisotopic (exact) mass is 191 g/mol. The van der Waals surface area contributed by atoms with Crippen molar-refractivity contribution in [2.24, 2.45) is 0 Å². The zero-order valence-electron chi connectivity index (χ0n) is 8.12. The Morgan fingerprint density at radius 2 is 2.00 bits per heavy atom. The maximum absolute atomic E-state index is 12.3. The molecule has 2 rings (SSSR count). The molecule has 0 N–H and O–H groups in total. The van der Waals surface area contributed by atoms with E-state index in [0.717, 1.165) is 25.1 Å². The first-order valence-corrected chi connectivity index (χ1v) is 4.92. The molecule has 0 aromatic heterocycles. The summed E-state index contributed by atoms with van der Waals surface area (Å²) in [5.41, 5.74) is 2.20. The van der Waals surface area contributed by atoms with Crippen LogP contribution in [-0.2, 0) is 6.54 Å². The molecular formula is C12H14FN. The Kier molecular flexibility index (Phi) is 2.82. The van der Waals surface area contributed by atoms with E-state index in [-0.39, 0.29) is 6.67 Å². The molecule has 1 aliphatic heterocycles. The predicted octanol–water partition coefficient (Wildman–Crippen LogP) is 2.75. The largest absolute Gasteiger partial charge is 0.373 e. The Balaban J connectivity index is 1.97. The van der Waals surface area contributed by atoms with Crippen LogP contribution in [0.4, 0.5) is 4.39 Å². The molecule has 1 nitrogen and oxygen atoms in total. The lowest BCUT2D eigenvalue weighted by molar-refractivity contribution is 0.400. The maximum atomic E-state index is 12.3. The number of hydrogen-bond donors (Lipinski definition) is 0. The van der Waals surface area contributed by atoms with Crippen LogP contribution < -0.4 is 0 Å². The smallest absolute Gasteiger partial charge is 0.112 e. The van der Waals surface area contributed by atoms with Crippen LogP contribution >= 0.6 is 0 Å². The van der Waals surface area contributed by atoms with Crippen LogP contribution in [0.1, 0.15) is 12.0 Å². The van der Waals surface area contributed by atoms with Crippen molar-refractivity contribution >= 4 is 0 Å². The molecule has 0 aliphatic carbocycles. The highest BCUT2D eigenvalue weighted by Crippen LogP contribution is 2.16. The van der Waals surface area contributed by atoms with Crippen molar-refractivity contribution in [1.29, 1.82) is 0 Å². The van der Waals surface area contributed by atoms with Gasteiger partial charge in [-0.2, -0.15) is 0 Å². The fraction of sp³-hybridized carbons (Fsp3) is 0.333. The minimum atomic E-state index is -0.300. The highest BCUT2D eigenvalue weighted by Gasteiger charge is 2.11. The van der Waals surface area contributed by atoms with Crippen molar-refractivity contribution in [2.45, 2.75) is 13.0 Å². The van der Waals surface area contributed by atoms with Crippen molar-refractivity contribution in [3.8, 4) is 0 Å². The zero-order chi connectivity index (χ0) is 9.80. The van der Waals surface area contributed by atoms with Gasteiger partial charge < -0.3 is 4.90 Å². The minimum Gasteiger partial charge on any atom is -0.373 e. The summed E-state index contributed by atoms with van der Waals surface area (Å²) >= 11 is 0. The number of rotatable bonds is 3. The Bertz CT molecular complexity index is 318. The first-order chi connectivity index (χ1) is 6.88. The van der Waals surface area contributed by atoms with Crippen molar-refractivity contribution in [3.63, 3.8) is 0 Å². The minimum absolute atomic E-state index is 0.300. The number of nitrogens with zero attached hydrogens (tertiary/aromatic N) is 1. The van der Waals surface area contributed by atoms with E-state index in [2.05, 4.69) is 17.0 Å². The van der Waals surface area contributed by atoms with Gasteiger partial charge in [-0.3, -0.25) is 0 Å². The molecule has 1 aliphatic rings. The molecule has 0 amide bonds. The number of benzene rings is 1. The highest BCUT2D eigenvalue weighted by atomic mass is 19.1. The number of hydrogen-bond acceptors (Lipinski definition) is 1. The van der Waals surface area contributed by atoms with E-state index in [9.17, 15) is 4.39 Å². The van der Waals surface area contributed by atoms with E-state index in [1.807, 2.05) is 24.4 Å². The van der Waals surface area contributed by atoms with Crippen LogP contribution in [0.3, 0.4) is 0 Å². The molecule has 0 unspecified atom stereocenters. The van der Waals surface area contributed by atoms with Crippen LogP contribution in [0.5, 0.6) is 0 Å². The average molecular weight is 191 g/mol. The van der Waals surface area contributed by atoms with Gasteiger partial charge in [0.05, 0.1) is 0 Å². The summed E-state index contributed by atoms with van der Waals surface area (Å²) in [4.78, 5) is 2.17. The van der Waals surface area contributed by atoms with Crippen molar-refractivity contribution in [1.82, 2.24) is 4.90 Å².